The number of nitrogens with two attached hydrogens (primary N) is 2. The highest BCUT2D eigenvalue weighted by atomic mass is 32.1. The molecule has 2 aromatic rings. The molecule has 1 fully saturated rings. The Kier molecular flexibility index (Phi) is 4.62. The molecule has 3 unspecified atom stereocenters. The third-order valence-corrected chi connectivity index (χ3v) is 7.83. The molecule has 2 aromatic heterocycles. The van der Waals surface area contributed by atoms with Crippen molar-refractivity contribution in [3.8, 4) is 0 Å². The number of nitrogens with zero attached hydrogens (tertiary/aromatic N) is 1. The fourth-order valence-corrected chi connectivity index (χ4v) is 6.14. The first-order valence-electron chi connectivity index (χ1n) is 10.3. The summed E-state index contributed by atoms with van der Waals surface area (Å²) in [6.07, 6.45) is 2.89. The van der Waals surface area contributed by atoms with Crippen LogP contribution in [-0.4, -0.2) is 29.4 Å². The van der Waals surface area contributed by atoms with Gasteiger partial charge >= 0.3 is 5.69 Å². The highest BCUT2D eigenvalue weighted by Crippen LogP contribution is 2.42. The molecule has 30 heavy (non-hydrogen) atoms. The van der Waals surface area contributed by atoms with Crippen LogP contribution in [0.2, 0.25) is 0 Å². The molecule has 0 aliphatic heterocycles. The van der Waals surface area contributed by atoms with Gasteiger partial charge in [0, 0.05) is 15.8 Å². The van der Waals surface area contributed by atoms with Gasteiger partial charge in [-0.2, -0.15) is 0 Å². The lowest BCUT2D eigenvalue weighted by Crippen LogP contribution is -2.60. The minimum absolute atomic E-state index is 0.0200. The quantitative estimate of drug-likeness (QED) is 0.627. The summed E-state index contributed by atoms with van der Waals surface area (Å²) in [7, 11) is 1.46. The normalized spacial score (nSPS) is 25.8. The first-order chi connectivity index (χ1) is 14.4. The number of halogens is 1. The van der Waals surface area contributed by atoms with Crippen molar-refractivity contribution < 1.29 is 9.13 Å². The van der Waals surface area contributed by atoms with Crippen LogP contribution in [0.25, 0.3) is 11.5 Å². The van der Waals surface area contributed by atoms with E-state index in [1.54, 1.807) is 11.3 Å². The third kappa shape index (κ3) is 2.86. The number of H-pyrrole nitrogens is 1. The van der Waals surface area contributed by atoms with Gasteiger partial charge in [0.15, 0.2) is 6.17 Å². The molecule has 0 spiro atoms. The second-order valence-electron chi connectivity index (χ2n) is 8.43. The number of ether oxygens (including phenoxy) is 1. The Bertz CT molecular complexity index is 1260. The summed E-state index contributed by atoms with van der Waals surface area (Å²) in [6, 6.07) is 2.00. The zero-order valence-corrected chi connectivity index (χ0v) is 17.6. The molecule has 0 radical (unpaired) electrons. The maximum Gasteiger partial charge on any atom is 0.329 e. The Balaban J connectivity index is 1.77. The molecular weight excluding hydrogens is 407 g/mol. The number of aryl methyl sites for hydroxylation is 1. The predicted octanol–water partition coefficient (Wildman–Crippen LogP) is -0.0464. The first kappa shape index (κ1) is 19.6. The van der Waals surface area contributed by atoms with Crippen LogP contribution in [0.1, 0.15) is 46.5 Å². The van der Waals surface area contributed by atoms with Crippen LogP contribution in [0.5, 0.6) is 0 Å². The van der Waals surface area contributed by atoms with Gasteiger partial charge < -0.3 is 16.2 Å². The topological polar surface area (TPSA) is 116 Å². The van der Waals surface area contributed by atoms with Gasteiger partial charge in [0.05, 0.1) is 29.3 Å². The Labute approximate surface area is 175 Å². The van der Waals surface area contributed by atoms with Crippen LogP contribution in [0.3, 0.4) is 0 Å². The number of hydrogen-bond donors (Lipinski definition) is 3. The molecule has 5 N–H and O–H groups in total. The maximum atomic E-state index is 15.7. The lowest BCUT2D eigenvalue weighted by molar-refractivity contribution is 0.286. The van der Waals surface area contributed by atoms with Gasteiger partial charge in [-0.05, 0) is 56.2 Å². The number of rotatable bonds is 4. The molecule has 3 aliphatic carbocycles. The number of aromatic nitrogens is 2. The Hall–Kier alpha value is -2.39. The average molecular weight is 433 g/mol. The van der Waals surface area contributed by atoms with E-state index in [1.165, 1.54) is 22.1 Å². The molecule has 3 atom stereocenters. The summed E-state index contributed by atoms with van der Waals surface area (Å²) in [6.45, 7) is 0.639. The average Bonchev–Trinajstić information content (AvgIpc) is 3.47. The van der Waals surface area contributed by atoms with Gasteiger partial charge in [0.2, 0.25) is 0 Å². The summed E-state index contributed by atoms with van der Waals surface area (Å²) in [5, 5.41) is 0.350. The van der Waals surface area contributed by atoms with Gasteiger partial charge in [-0.25, -0.2) is 9.18 Å². The monoisotopic (exact) mass is 432 g/mol. The molecule has 5 rings (SSSR count). The lowest BCUT2D eigenvalue weighted by atomic mass is 9.87. The minimum Gasteiger partial charge on any atom is -0.498 e. The molecule has 3 aliphatic rings. The van der Waals surface area contributed by atoms with Gasteiger partial charge in [-0.1, -0.05) is 0 Å². The Morgan fingerprint density at radius 2 is 2.10 bits per heavy atom. The van der Waals surface area contributed by atoms with E-state index in [0.717, 1.165) is 37.0 Å². The Morgan fingerprint density at radius 3 is 2.77 bits per heavy atom. The number of fused-ring (bicyclic) bond motifs is 2. The van der Waals surface area contributed by atoms with Crippen molar-refractivity contribution in [1.82, 2.24) is 9.55 Å². The molecule has 0 saturated heterocycles. The predicted molar refractivity (Wildman–Crippen MR) is 113 cm³/mol. The van der Waals surface area contributed by atoms with E-state index in [0.29, 0.717) is 23.6 Å². The van der Waals surface area contributed by atoms with Crippen LogP contribution in [-0.2, 0) is 17.6 Å². The number of nitrogens with one attached hydrogen (secondary N) is 1. The summed E-state index contributed by atoms with van der Waals surface area (Å²) >= 11 is 1.57. The second-order valence-corrected chi connectivity index (χ2v) is 9.60. The number of thiophene rings is 1. The fraction of sp³-hybridized carbons (Fsp3) is 0.524. The largest absolute Gasteiger partial charge is 0.498 e. The van der Waals surface area contributed by atoms with Crippen molar-refractivity contribution in [3.63, 3.8) is 0 Å². The smallest absolute Gasteiger partial charge is 0.329 e. The van der Waals surface area contributed by atoms with E-state index < -0.39 is 23.3 Å². The lowest BCUT2D eigenvalue weighted by Gasteiger charge is -2.27. The van der Waals surface area contributed by atoms with Gasteiger partial charge in [-0.15, -0.1) is 11.3 Å². The van der Waals surface area contributed by atoms with Crippen molar-refractivity contribution in [2.45, 2.75) is 50.2 Å². The SMILES string of the molecule is COC1=c2c(c(=O)[nH]c(=O)n2C2CC2)=C(N)C(F)C1c1cc2c(s1)CCC(CN)C2. The van der Waals surface area contributed by atoms with Gasteiger partial charge in [0.25, 0.3) is 5.56 Å². The molecule has 0 bridgehead atoms. The van der Waals surface area contributed by atoms with Gasteiger partial charge in [0.1, 0.15) is 5.76 Å². The molecule has 160 valence electrons. The Morgan fingerprint density at radius 1 is 1.33 bits per heavy atom. The van der Waals surface area contributed by atoms with Crippen molar-refractivity contribution >= 4 is 22.8 Å². The highest BCUT2D eigenvalue weighted by Gasteiger charge is 2.39. The molecular formula is C21H25FN4O3S. The van der Waals surface area contributed by atoms with Crippen molar-refractivity contribution in [3.05, 3.63) is 52.8 Å². The number of alkyl halides is 1. The third-order valence-electron chi connectivity index (χ3n) is 6.51. The van der Waals surface area contributed by atoms with Crippen LogP contribution >= 0.6 is 11.3 Å². The number of hydrogen-bond acceptors (Lipinski definition) is 6. The highest BCUT2D eigenvalue weighted by molar-refractivity contribution is 7.12. The van der Waals surface area contributed by atoms with Crippen LogP contribution in [0, 0.1) is 5.92 Å². The number of methoxy groups -OCH3 is 1. The molecule has 7 nitrogen and oxygen atoms in total. The van der Waals surface area contributed by atoms with Crippen molar-refractivity contribution in [1.29, 1.82) is 0 Å². The number of aromatic amines is 1. The van der Waals surface area contributed by atoms with E-state index in [9.17, 15) is 9.59 Å². The van der Waals surface area contributed by atoms with Crippen LogP contribution in [0.15, 0.2) is 15.7 Å². The summed E-state index contributed by atoms with van der Waals surface area (Å²) < 4.78 is 22.9. The molecule has 1 saturated carbocycles. The molecule has 0 aromatic carbocycles. The standard InChI is InChI=1S/C21H25FN4O3S/c1-29-19-14(13-7-10-6-9(8-23)2-5-12(10)30-13)16(22)17(24)15-18(19)26(11-3-4-11)21(28)25-20(15)27/h7,9,11,14,16H,2-6,8,23-24H2,1H3,(H,25,27,28). The molecule has 0 amide bonds. The van der Waals surface area contributed by atoms with Crippen molar-refractivity contribution in [2.24, 2.45) is 17.4 Å². The first-order valence-corrected chi connectivity index (χ1v) is 11.1. The van der Waals surface area contributed by atoms with Crippen molar-refractivity contribution in [2.75, 3.05) is 13.7 Å². The zero-order chi connectivity index (χ0) is 21.2. The van der Waals surface area contributed by atoms with E-state index in [2.05, 4.69) is 4.98 Å². The van der Waals surface area contributed by atoms with E-state index in [-0.39, 0.29) is 17.0 Å². The zero-order valence-electron chi connectivity index (χ0n) is 16.7. The summed E-state index contributed by atoms with van der Waals surface area (Å²) in [5.74, 6) is -0.0364. The summed E-state index contributed by atoms with van der Waals surface area (Å²) in [5.41, 5.74) is 11.9. The second kappa shape index (κ2) is 7.09. The maximum absolute atomic E-state index is 15.7. The molecule has 9 heteroatoms. The summed E-state index contributed by atoms with van der Waals surface area (Å²) in [4.78, 5) is 29.5. The van der Waals surface area contributed by atoms with E-state index >= 15 is 4.39 Å². The van der Waals surface area contributed by atoms with E-state index in [4.69, 9.17) is 16.2 Å². The van der Waals surface area contributed by atoms with Crippen LogP contribution < -0.4 is 33.3 Å². The molecule has 2 heterocycles. The van der Waals surface area contributed by atoms with Gasteiger partial charge in [-0.3, -0.25) is 14.3 Å². The van der Waals surface area contributed by atoms with Crippen LogP contribution in [0.4, 0.5) is 4.39 Å². The minimum atomic E-state index is -1.61. The fourth-order valence-electron chi connectivity index (χ4n) is 4.81. The van der Waals surface area contributed by atoms with E-state index in [1.807, 2.05) is 6.07 Å².